The van der Waals surface area contributed by atoms with Gasteiger partial charge in [0.2, 0.25) is 17.6 Å². The normalized spacial score (nSPS) is 15.7. The molecule has 5 rings (SSSR count). The van der Waals surface area contributed by atoms with Gasteiger partial charge in [-0.25, -0.2) is 4.98 Å². The summed E-state index contributed by atoms with van der Waals surface area (Å²) in [4.78, 5) is 26.2. The van der Waals surface area contributed by atoms with Crippen molar-refractivity contribution in [2.24, 2.45) is 0 Å². The fourth-order valence-corrected chi connectivity index (χ4v) is 5.87. The second kappa shape index (κ2) is 10.0. The summed E-state index contributed by atoms with van der Waals surface area (Å²) in [6, 6.07) is 18.0. The van der Waals surface area contributed by atoms with Gasteiger partial charge in [0, 0.05) is 37.5 Å². The van der Waals surface area contributed by atoms with Crippen molar-refractivity contribution in [3.8, 4) is 11.4 Å². The van der Waals surface area contributed by atoms with Crippen molar-refractivity contribution in [1.82, 2.24) is 24.9 Å². The molecule has 170 valence electrons. The van der Waals surface area contributed by atoms with Crippen molar-refractivity contribution in [2.75, 3.05) is 31.9 Å². The summed E-state index contributed by atoms with van der Waals surface area (Å²) in [7, 11) is 0. The van der Waals surface area contributed by atoms with Gasteiger partial charge in [0.25, 0.3) is 0 Å². The highest BCUT2D eigenvalue weighted by atomic mass is 32.2. The molecule has 0 bridgehead atoms. The lowest BCUT2D eigenvalue weighted by Gasteiger charge is -2.36. The number of thioether (sulfide) groups is 1. The van der Waals surface area contributed by atoms with Crippen LogP contribution in [0.4, 0.5) is 0 Å². The first kappa shape index (κ1) is 22.1. The Kier molecular flexibility index (Phi) is 6.70. The van der Waals surface area contributed by atoms with Crippen molar-refractivity contribution in [2.45, 2.75) is 18.7 Å². The van der Waals surface area contributed by atoms with Gasteiger partial charge in [-0.15, -0.1) is 23.1 Å². The molecule has 1 aliphatic heterocycles. The largest absolute Gasteiger partial charge is 0.339 e. The molecular formula is C24H25N5O2S2. The zero-order valence-electron chi connectivity index (χ0n) is 18.4. The third-order valence-corrected chi connectivity index (χ3v) is 7.98. The van der Waals surface area contributed by atoms with Crippen LogP contribution in [0.3, 0.4) is 0 Å². The lowest BCUT2D eigenvalue weighted by Crippen LogP contribution is -2.49. The predicted octanol–water partition coefficient (Wildman–Crippen LogP) is 4.48. The highest BCUT2D eigenvalue weighted by Gasteiger charge is 2.27. The first-order valence-corrected chi connectivity index (χ1v) is 13.0. The quantitative estimate of drug-likeness (QED) is 0.387. The van der Waals surface area contributed by atoms with E-state index < -0.39 is 0 Å². The second-order valence-corrected chi connectivity index (χ2v) is 10.1. The van der Waals surface area contributed by atoms with E-state index in [0.717, 1.165) is 34.9 Å². The summed E-state index contributed by atoms with van der Waals surface area (Å²) in [5, 5.41) is 5.21. The molecule has 1 unspecified atom stereocenters. The molecule has 2 aromatic heterocycles. The third kappa shape index (κ3) is 5.10. The first-order chi connectivity index (χ1) is 16.2. The lowest BCUT2D eigenvalue weighted by molar-refractivity contribution is -0.130. The Morgan fingerprint density at radius 3 is 2.61 bits per heavy atom. The van der Waals surface area contributed by atoms with Gasteiger partial charge in [0.1, 0.15) is 5.01 Å². The highest BCUT2D eigenvalue weighted by Crippen LogP contribution is 2.26. The first-order valence-electron chi connectivity index (χ1n) is 11.0. The van der Waals surface area contributed by atoms with Crippen LogP contribution >= 0.6 is 23.1 Å². The minimum atomic E-state index is 0.0145. The van der Waals surface area contributed by atoms with E-state index in [0.29, 0.717) is 30.6 Å². The van der Waals surface area contributed by atoms with Crippen molar-refractivity contribution in [1.29, 1.82) is 0 Å². The minimum Gasteiger partial charge on any atom is -0.339 e. The van der Waals surface area contributed by atoms with Crippen molar-refractivity contribution >= 4 is 39.2 Å². The predicted molar refractivity (Wildman–Crippen MR) is 132 cm³/mol. The lowest BCUT2D eigenvalue weighted by atomic mass is 10.2. The van der Waals surface area contributed by atoms with Crippen LogP contribution in [0.5, 0.6) is 0 Å². The number of aromatic nitrogens is 3. The van der Waals surface area contributed by atoms with Crippen LogP contribution in [-0.2, 0) is 10.5 Å². The Morgan fingerprint density at radius 2 is 1.82 bits per heavy atom. The zero-order valence-corrected chi connectivity index (χ0v) is 20.0. The summed E-state index contributed by atoms with van der Waals surface area (Å²) in [5.74, 6) is 2.66. The molecule has 0 radical (unpaired) electrons. The van der Waals surface area contributed by atoms with Crippen LogP contribution in [0.1, 0.15) is 23.9 Å². The number of carbonyl (C=O) groups is 1. The fourth-order valence-electron chi connectivity index (χ4n) is 3.92. The number of hydrogen-bond acceptors (Lipinski definition) is 8. The number of nitrogens with zero attached hydrogens (tertiary/aromatic N) is 5. The number of para-hydroxylation sites is 1. The molecular weight excluding hydrogens is 454 g/mol. The number of carbonyl (C=O) groups excluding carboxylic acids is 1. The van der Waals surface area contributed by atoms with E-state index in [1.54, 1.807) is 23.1 Å². The Balaban J connectivity index is 1.09. The maximum atomic E-state index is 12.7. The molecule has 33 heavy (non-hydrogen) atoms. The van der Waals surface area contributed by atoms with E-state index in [4.69, 9.17) is 4.52 Å². The molecule has 3 heterocycles. The number of rotatable bonds is 7. The second-order valence-electron chi connectivity index (χ2n) is 7.98. The van der Waals surface area contributed by atoms with Crippen LogP contribution in [0, 0.1) is 0 Å². The average Bonchev–Trinajstić information content (AvgIpc) is 3.51. The van der Waals surface area contributed by atoms with E-state index in [1.165, 1.54) is 4.70 Å². The van der Waals surface area contributed by atoms with Crippen molar-refractivity contribution < 1.29 is 9.32 Å². The van der Waals surface area contributed by atoms with E-state index >= 15 is 0 Å². The van der Waals surface area contributed by atoms with E-state index in [2.05, 4.69) is 33.0 Å². The third-order valence-electron chi connectivity index (χ3n) is 5.84. The monoisotopic (exact) mass is 479 g/mol. The smallest absolute Gasteiger partial charge is 0.244 e. The van der Waals surface area contributed by atoms with Crippen molar-refractivity contribution in [3.63, 3.8) is 0 Å². The summed E-state index contributed by atoms with van der Waals surface area (Å²) in [5.41, 5.74) is 1.98. The fraction of sp³-hybridized carbons (Fsp3) is 0.333. The van der Waals surface area contributed by atoms with Gasteiger partial charge in [-0.3, -0.25) is 9.69 Å². The number of fused-ring (bicyclic) bond motifs is 1. The number of piperazine rings is 1. The molecule has 0 N–H and O–H groups in total. The Bertz CT molecular complexity index is 1180. The van der Waals surface area contributed by atoms with Gasteiger partial charge in [-0.05, 0) is 19.1 Å². The molecule has 4 aromatic rings. The minimum absolute atomic E-state index is 0.0145. The summed E-state index contributed by atoms with van der Waals surface area (Å²) >= 11 is 3.34. The maximum Gasteiger partial charge on any atom is 0.244 e. The molecule has 1 atom stereocenters. The van der Waals surface area contributed by atoms with E-state index in [1.807, 2.05) is 53.4 Å². The number of hydrogen-bond donors (Lipinski definition) is 0. The van der Waals surface area contributed by atoms with Gasteiger partial charge < -0.3 is 9.42 Å². The molecule has 0 saturated carbocycles. The zero-order chi connectivity index (χ0) is 22.6. The van der Waals surface area contributed by atoms with Crippen LogP contribution in [-0.4, -0.2) is 62.8 Å². The molecule has 1 saturated heterocycles. The molecule has 1 fully saturated rings. The van der Waals surface area contributed by atoms with Gasteiger partial charge >= 0.3 is 0 Å². The maximum absolute atomic E-state index is 12.7. The topological polar surface area (TPSA) is 75.4 Å². The van der Waals surface area contributed by atoms with Crippen molar-refractivity contribution in [3.05, 3.63) is 65.5 Å². The average molecular weight is 480 g/mol. The Morgan fingerprint density at radius 1 is 1.06 bits per heavy atom. The summed E-state index contributed by atoms with van der Waals surface area (Å²) in [6.45, 7) is 5.08. The summed E-state index contributed by atoms with van der Waals surface area (Å²) < 4.78 is 6.73. The SMILES string of the molecule is CC(c1nc(-c2ccccc2)no1)N1CCN(C(=O)CSCc2nc3ccccc3s2)CC1. The van der Waals surface area contributed by atoms with Crippen LogP contribution in [0.15, 0.2) is 59.1 Å². The molecule has 1 amide bonds. The van der Waals surface area contributed by atoms with Crippen LogP contribution < -0.4 is 0 Å². The molecule has 0 aliphatic carbocycles. The summed E-state index contributed by atoms with van der Waals surface area (Å²) in [6.07, 6.45) is 0. The molecule has 2 aromatic carbocycles. The number of amides is 1. The van der Waals surface area contributed by atoms with Gasteiger partial charge in [-0.2, -0.15) is 4.98 Å². The molecule has 9 heteroatoms. The van der Waals surface area contributed by atoms with Crippen LogP contribution in [0.2, 0.25) is 0 Å². The number of benzene rings is 2. The number of thiazole rings is 1. The Hall–Kier alpha value is -2.75. The molecule has 0 spiro atoms. The standard InChI is InChI=1S/C24H25N5O2S2/c1-17(24-26-23(27-31-24)18-7-3-2-4-8-18)28-11-13-29(14-12-28)22(30)16-32-15-21-25-19-9-5-6-10-20(19)33-21/h2-10,17H,11-16H2,1H3. The van der Waals surface area contributed by atoms with Gasteiger partial charge in [0.05, 0.1) is 22.0 Å². The van der Waals surface area contributed by atoms with Crippen LogP contribution in [0.25, 0.3) is 21.6 Å². The highest BCUT2D eigenvalue weighted by molar-refractivity contribution is 7.99. The van der Waals surface area contributed by atoms with E-state index in [9.17, 15) is 4.79 Å². The van der Waals surface area contributed by atoms with E-state index in [-0.39, 0.29) is 11.9 Å². The van der Waals surface area contributed by atoms with Gasteiger partial charge in [-0.1, -0.05) is 47.6 Å². The Labute approximate surface area is 200 Å². The molecule has 7 nitrogen and oxygen atoms in total. The molecule has 1 aliphatic rings. The van der Waals surface area contributed by atoms with Gasteiger partial charge in [0.15, 0.2) is 0 Å².